The third-order valence-electron chi connectivity index (χ3n) is 5.23. The summed E-state index contributed by atoms with van der Waals surface area (Å²) in [6.45, 7) is 0.0950. The van der Waals surface area contributed by atoms with Gasteiger partial charge in [-0.25, -0.2) is 14.6 Å². The molecule has 1 aromatic carbocycles. The number of benzene rings is 1. The normalized spacial score (nSPS) is 14.8. The minimum atomic E-state index is -0.805. The largest absolute Gasteiger partial charge is 0.438 e. The zero-order chi connectivity index (χ0) is 20.4. The first-order chi connectivity index (χ1) is 14.1. The SMILES string of the molecule is Cn1nc(C2CCC2)cc1Oc1cc(C#N)ccc1-c1ncc(C(O)CN)cn1. The van der Waals surface area contributed by atoms with E-state index in [0.717, 1.165) is 18.5 Å². The van der Waals surface area contributed by atoms with Crippen molar-refractivity contribution in [2.75, 3.05) is 6.54 Å². The molecule has 0 bridgehead atoms. The van der Waals surface area contributed by atoms with Gasteiger partial charge in [-0.1, -0.05) is 6.42 Å². The highest BCUT2D eigenvalue weighted by molar-refractivity contribution is 5.66. The standard InChI is InChI=1S/C21H22N6O2/c1-27-20(8-17(26-27)14-3-2-4-14)29-19-7-13(9-22)5-6-16(19)21-24-11-15(12-25-21)18(28)10-23/h5-8,11-12,14,18,28H,2-4,10,23H2,1H3. The maximum absolute atomic E-state index is 9.84. The molecule has 1 fully saturated rings. The van der Waals surface area contributed by atoms with Crippen LogP contribution in [-0.4, -0.2) is 31.4 Å². The van der Waals surface area contributed by atoms with Crippen molar-refractivity contribution in [1.29, 1.82) is 5.26 Å². The van der Waals surface area contributed by atoms with Gasteiger partial charge >= 0.3 is 0 Å². The molecule has 1 unspecified atom stereocenters. The molecule has 0 radical (unpaired) electrons. The maximum atomic E-state index is 9.84. The van der Waals surface area contributed by atoms with Crippen molar-refractivity contribution in [2.24, 2.45) is 12.8 Å². The average Bonchev–Trinajstić information content (AvgIpc) is 3.05. The molecule has 1 saturated carbocycles. The Morgan fingerprint density at radius 1 is 1.31 bits per heavy atom. The highest BCUT2D eigenvalue weighted by Crippen LogP contribution is 2.38. The van der Waals surface area contributed by atoms with E-state index in [0.29, 0.717) is 40.1 Å². The molecular formula is C21H22N6O2. The molecule has 8 heteroatoms. The Morgan fingerprint density at radius 3 is 2.69 bits per heavy atom. The lowest BCUT2D eigenvalue weighted by Crippen LogP contribution is -2.12. The van der Waals surface area contributed by atoms with Crippen LogP contribution in [0.3, 0.4) is 0 Å². The van der Waals surface area contributed by atoms with Crippen molar-refractivity contribution in [2.45, 2.75) is 31.3 Å². The molecule has 0 saturated heterocycles. The number of ether oxygens (including phenoxy) is 1. The topological polar surface area (TPSA) is 123 Å². The predicted octanol–water partition coefficient (Wildman–Crippen LogP) is 2.80. The molecule has 148 valence electrons. The summed E-state index contributed by atoms with van der Waals surface area (Å²) in [5, 5.41) is 23.7. The smallest absolute Gasteiger partial charge is 0.217 e. The second-order valence-electron chi connectivity index (χ2n) is 7.18. The molecule has 4 rings (SSSR count). The number of nitriles is 1. The first-order valence-electron chi connectivity index (χ1n) is 9.55. The van der Waals surface area contributed by atoms with E-state index < -0.39 is 6.10 Å². The van der Waals surface area contributed by atoms with E-state index in [1.165, 1.54) is 6.42 Å². The lowest BCUT2D eigenvalue weighted by molar-refractivity contribution is 0.186. The minimum Gasteiger partial charge on any atom is -0.438 e. The highest BCUT2D eigenvalue weighted by Gasteiger charge is 2.24. The Balaban J connectivity index is 1.68. The molecule has 2 aromatic heterocycles. The van der Waals surface area contributed by atoms with Gasteiger partial charge in [0.05, 0.1) is 29.0 Å². The van der Waals surface area contributed by atoms with Crippen molar-refractivity contribution in [3.05, 3.63) is 53.5 Å². The summed E-state index contributed by atoms with van der Waals surface area (Å²) >= 11 is 0. The number of aromatic nitrogens is 4. The Labute approximate surface area is 168 Å². The van der Waals surface area contributed by atoms with Gasteiger partial charge in [-0.15, -0.1) is 0 Å². The fourth-order valence-electron chi connectivity index (χ4n) is 3.23. The molecule has 3 N–H and O–H groups in total. The zero-order valence-electron chi connectivity index (χ0n) is 16.1. The molecule has 8 nitrogen and oxygen atoms in total. The Kier molecular flexibility index (Phi) is 5.25. The van der Waals surface area contributed by atoms with E-state index >= 15 is 0 Å². The van der Waals surface area contributed by atoms with Crippen LogP contribution in [0.15, 0.2) is 36.7 Å². The van der Waals surface area contributed by atoms with Crippen molar-refractivity contribution in [1.82, 2.24) is 19.7 Å². The summed E-state index contributed by atoms with van der Waals surface area (Å²) in [5.74, 6) is 1.99. The molecule has 1 aliphatic carbocycles. The molecule has 3 aromatic rings. The number of aliphatic hydroxyl groups excluding tert-OH is 1. The second-order valence-corrected chi connectivity index (χ2v) is 7.18. The third-order valence-corrected chi connectivity index (χ3v) is 5.23. The zero-order valence-corrected chi connectivity index (χ0v) is 16.1. The molecular weight excluding hydrogens is 368 g/mol. The van der Waals surface area contributed by atoms with Gasteiger partial charge in [0.25, 0.3) is 0 Å². The number of hydrogen-bond donors (Lipinski definition) is 2. The van der Waals surface area contributed by atoms with Gasteiger partial charge in [0, 0.05) is 43.5 Å². The van der Waals surface area contributed by atoms with Crippen molar-refractivity contribution in [3.63, 3.8) is 0 Å². The van der Waals surface area contributed by atoms with Crippen LogP contribution in [0.2, 0.25) is 0 Å². The number of hydrogen-bond acceptors (Lipinski definition) is 7. The summed E-state index contributed by atoms with van der Waals surface area (Å²) < 4.78 is 7.84. The van der Waals surface area contributed by atoms with Gasteiger partial charge in [0.2, 0.25) is 5.88 Å². The van der Waals surface area contributed by atoms with Crippen LogP contribution < -0.4 is 10.5 Å². The van der Waals surface area contributed by atoms with Crippen LogP contribution >= 0.6 is 0 Å². The number of nitrogens with two attached hydrogens (primary N) is 1. The highest BCUT2D eigenvalue weighted by atomic mass is 16.5. The number of nitrogens with zero attached hydrogens (tertiary/aromatic N) is 5. The molecule has 1 aliphatic rings. The molecule has 2 heterocycles. The minimum absolute atomic E-state index is 0.0950. The maximum Gasteiger partial charge on any atom is 0.217 e. The Morgan fingerprint density at radius 2 is 2.07 bits per heavy atom. The molecule has 29 heavy (non-hydrogen) atoms. The number of aryl methyl sites for hydroxylation is 1. The summed E-state index contributed by atoms with van der Waals surface area (Å²) in [6.07, 6.45) is 5.82. The van der Waals surface area contributed by atoms with Crippen LogP contribution in [0, 0.1) is 11.3 Å². The molecule has 1 atom stereocenters. The summed E-state index contributed by atoms with van der Waals surface area (Å²) in [4.78, 5) is 8.68. The summed E-state index contributed by atoms with van der Waals surface area (Å²) in [5.41, 5.74) is 8.17. The van der Waals surface area contributed by atoms with Crippen LogP contribution in [0.1, 0.15) is 48.1 Å². The average molecular weight is 390 g/mol. The van der Waals surface area contributed by atoms with Gasteiger partial charge in [0.1, 0.15) is 5.75 Å². The van der Waals surface area contributed by atoms with Crippen LogP contribution in [-0.2, 0) is 7.05 Å². The predicted molar refractivity (Wildman–Crippen MR) is 106 cm³/mol. The van der Waals surface area contributed by atoms with E-state index in [1.807, 2.05) is 13.1 Å². The Hall–Kier alpha value is -3.28. The number of aliphatic hydroxyl groups is 1. The monoisotopic (exact) mass is 390 g/mol. The van der Waals surface area contributed by atoms with Gasteiger partial charge in [0.15, 0.2) is 5.82 Å². The van der Waals surface area contributed by atoms with E-state index in [1.54, 1.807) is 35.3 Å². The second kappa shape index (κ2) is 7.99. The quantitative estimate of drug-likeness (QED) is 0.663. The van der Waals surface area contributed by atoms with Crippen LogP contribution in [0.5, 0.6) is 11.6 Å². The van der Waals surface area contributed by atoms with E-state index in [-0.39, 0.29) is 6.54 Å². The van der Waals surface area contributed by atoms with Gasteiger partial charge in [-0.3, -0.25) is 0 Å². The van der Waals surface area contributed by atoms with Crippen LogP contribution in [0.25, 0.3) is 11.4 Å². The van der Waals surface area contributed by atoms with E-state index in [4.69, 9.17) is 10.5 Å². The van der Waals surface area contributed by atoms with E-state index in [2.05, 4.69) is 21.1 Å². The van der Waals surface area contributed by atoms with Crippen molar-refractivity contribution in [3.8, 4) is 29.1 Å². The lowest BCUT2D eigenvalue weighted by Gasteiger charge is -2.22. The van der Waals surface area contributed by atoms with Crippen molar-refractivity contribution < 1.29 is 9.84 Å². The first-order valence-corrected chi connectivity index (χ1v) is 9.55. The van der Waals surface area contributed by atoms with E-state index in [9.17, 15) is 10.4 Å². The molecule has 0 spiro atoms. The third kappa shape index (κ3) is 3.83. The van der Waals surface area contributed by atoms with Gasteiger partial charge in [-0.2, -0.15) is 10.4 Å². The fourth-order valence-corrected chi connectivity index (χ4v) is 3.23. The summed E-state index contributed by atoms with van der Waals surface area (Å²) in [6, 6.07) is 9.19. The fraction of sp³-hybridized carbons (Fsp3) is 0.333. The first kappa shape index (κ1) is 19.1. The lowest BCUT2D eigenvalue weighted by atomic mass is 9.83. The van der Waals surface area contributed by atoms with Crippen LogP contribution in [0.4, 0.5) is 0 Å². The molecule has 0 amide bonds. The van der Waals surface area contributed by atoms with Gasteiger partial charge in [-0.05, 0) is 31.0 Å². The van der Waals surface area contributed by atoms with Gasteiger partial charge < -0.3 is 15.6 Å². The Bertz CT molecular complexity index is 1050. The molecule has 0 aliphatic heterocycles. The van der Waals surface area contributed by atoms with Crippen molar-refractivity contribution >= 4 is 0 Å². The summed E-state index contributed by atoms with van der Waals surface area (Å²) in [7, 11) is 1.84. The number of rotatable bonds is 6.